The third-order valence-electron chi connectivity index (χ3n) is 1.78. The lowest BCUT2D eigenvalue weighted by Gasteiger charge is -1.97. The molecule has 1 N–H and O–H groups in total. The molecule has 0 amide bonds. The van der Waals surface area contributed by atoms with Crippen molar-refractivity contribution in [1.82, 2.24) is 4.37 Å². The van der Waals surface area contributed by atoms with Gasteiger partial charge >= 0.3 is 0 Å². The predicted octanol–water partition coefficient (Wildman–Crippen LogP) is 3.38. The van der Waals surface area contributed by atoms with Crippen LogP contribution in [0.25, 0.3) is 10.1 Å². The zero-order valence-corrected chi connectivity index (χ0v) is 8.75. The summed E-state index contributed by atoms with van der Waals surface area (Å²) in [4.78, 5) is 0. The highest BCUT2D eigenvalue weighted by Gasteiger charge is 2.04. The Balaban J connectivity index is 2.55. The average Bonchev–Trinajstić information content (AvgIpc) is 2.49. The van der Waals surface area contributed by atoms with Gasteiger partial charge in [-0.15, -0.1) is 0 Å². The number of nitrogens with zero attached hydrogens (tertiary/aromatic N) is 1. The lowest BCUT2D eigenvalue weighted by molar-refractivity contribution is 1.20. The van der Waals surface area contributed by atoms with Crippen LogP contribution in [0.15, 0.2) is 18.2 Å². The lowest BCUT2D eigenvalue weighted by atomic mass is 10.2. The van der Waals surface area contributed by atoms with Gasteiger partial charge in [0.1, 0.15) is 5.82 Å². The first-order valence-electron chi connectivity index (χ1n) is 4.10. The van der Waals surface area contributed by atoms with Crippen LogP contribution in [0.5, 0.6) is 0 Å². The van der Waals surface area contributed by atoms with Crippen LogP contribution in [0.4, 0.5) is 5.82 Å². The summed E-state index contributed by atoms with van der Waals surface area (Å²) >= 11 is 7.33. The summed E-state index contributed by atoms with van der Waals surface area (Å²) in [5, 5.41) is 5.12. The molecule has 1 aromatic heterocycles. The van der Waals surface area contributed by atoms with Crippen LogP contribution in [0.1, 0.15) is 6.92 Å². The minimum absolute atomic E-state index is 0.763. The van der Waals surface area contributed by atoms with E-state index < -0.39 is 0 Å². The zero-order valence-electron chi connectivity index (χ0n) is 7.17. The van der Waals surface area contributed by atoms with E-state index in [2.05, 4.69) is 16.6 Å². The number of fused-ring (bicyclic) bond motifs is 1. The average molecular weight is 213 g/mol. The highest BCUT2D eigenvalue weighted by molar-refractivity contribution is 7.13. The van der Waals surface area contributed by atoms with Crippen LogP contribution in [0.3, 0.4) is 0 Å². The van der Waals surface area contributed by atoms with Crippen LogP contribution in [0, 0.1) is 0 Å². The van der Waals surface area contributed by atoms with E-state index in [1.165, 1.54) is 11.5 Å². The van der Waals surface area contributed by atoms with Crippen molar-refractivity contribution in [3.63, 3.8) is 0 Å². The van der Waals surface area contributed by atoms with E-state index in [0.29, 0.717) is 0 Å². The summed E-state index contributed by atoms with van der Waals surface area (Å²) in [6.45, 7) is 2.95. The highest BCUT2D eigenvalue weighted by atomic mass is 35.5. The first-order valence-corrected chi connectivity index (χ1v) is 5.25. The SMILES string of the molecule is CCNc1nsc2cc(Cl)ccc12. The number of anilines is 1. The lowest BCUT2D eigenvalue weighted by Crippen LogP contribution is -1.95. The van der Waals surface area contributed by atoms with Gasteiger partial charge in [0.2, 0.25) is 0 Å². The molecule has 0 saturated heterocycles. The number of halogens is 1. The summed E-state index contributed by atoms with van der Waals surface area (Å²) in [6, 6.07) is 5.83. The number of hydrogen-bond acceptors (Lipinski definition) is 3. The number of aromatic nitrogens is 1. The van der Waals surface area contributed by atoms with E-state index in [9.17, 15) is 0 Å². The minimum Gasteiger partial charge on any atom is -0.369 e. The molecule has 0 aliphatic carbocycles. The normalized spacial score (nSPS) is 10.6. The molecule has 0 unspecified atom stereocenters. The molecule has 1 heterocycles. The summed E-state index contributed by atoms with van der Waals surface area (Å²) in [5.41, 5.74) is 0. The van der Waals surface area contributed by atoms with Crippen LogP contribution in [-0.4, -0.2) is 10.9 Å². The van der Waals surface area contributed by atoms with E-state index in [1.54, 1.807) is 0 Å². The summed E-state index contributed by atoms with van der Waals surface area (Å²) in [7, 11) is 0. The molecule has 0 aliphatic heterocycles. The van der Waals surface area contributed by atoms with Gasteiger partial charge in [-0.05, 0) is 36.7 Å². The van der Waals surface area contributed by atoms with Crippen molar-refractivity contribution < 1.29 is 0 Å². The third-order valence-corrected chi connectivity index (χ3v) is 2.82. The van der Waals surface area contributed by atoms with Crippen molar-refractivity contribution in [3.8, 4) is 0 Å². The van der Waals surface area contributed by atoms with E-state index in [4.69, 9.17) is 11.6 Å². The molecule has 0 bridgehead atoms. The molecule has 13 heavy (non-hydrogen) atoms. The van der Waals surface area contributed by atoms with Crippen LogP contribution in [0.2, 0.25) is 5.02 Å². The Kier molecular flexibility index (Phi) is 2.38. The Hall–Kier alpha value is -0.800. The highest BCUT2D eigenvalue weighted by Crippen LogP contribution is 2.28. The second-order valence-electron chi connectivity index (χ2n) is 2.70. The van der Waals surface area contributed by atoms with E-state index in [-0.39, 0.29) is 0 Å². The van der Waals surface area contributed by atoms with E-state index in [1.807, 2.05) is 18.2 Å². The molecule has 2 aromatic rings. The molecule has 0 saturated carbocycles. The molecule has 0 aliphatic rings. The number of nitrogens with one attached hydrogen (secondary N) is 1. The molecule has 0 spiro atoms. The molecule has 1 aromatic carbocycles. The second kappa shape index (κ2) is 3.52. The van der Waals surface area contributed by atoms with Gasteiger partial charge < -0.3 is 5.32 Å². The van der Waals surface area contributed by atoms with Crippen molar-refractivity contribution in [2.75, 3.05) is 11.9 Å². The first-order chi connectivity index (χ1) is 6.31. The van der Waals surface area contributed by atoms with Crippen LogP contribution in [-0.2, 0) is 0 Å². The van der Waals surface area contributed by atoms with Gasteiger partial charge in [-0.25, -0.2) is 0 Å². The van der Waals surface area contributed by atoms with Crippen molar-refractivity contribution >= 4 is 39.0 Å². The summed E-state index contributed by atoms with van der Waals surface area (Å²) in [5.74, 6) is 0.958. The number of benzene rings is 1. The standard InChI is InChI=1S/C9H9ClN2S/c1-2-11-9-7-4-3-6(10)5-8(7)13-12-9/h3-5H,2H2,1H3,(H,11,12). The summed E-state index contributed by atoms with van der Waals surface area (Å²) < 4.78 is 5.43. The van der Waals surface area contributed by atoms with Crippen molar-refractivity contribution in [1.29, 1.82) is 0 Å². The van der Waals surface area contributed by atoms with Crippen LogP contribution < -0.4 is 5.32 Å². The van der Waals surface area contributed by atoms with Crippen molar-refractivity contribution in [2.45, 2.75) is 6.92 Å². The second-order valence-corrected chi connectivity index (χ2v) is 3.94. The van der Waals surface area contributed by atoms with Crippen molar-refractivity contribution in [3.05, 3.63) is 23.2 Å². The molecule has 0 atom stereocenters. The Morgan fingerprint density at radius 3 is 3.15 bits per heavy atom. The molecule has 2 rings (SSSR count). The monoisotopic (exact) mass is 212 g/mol. The molecule has 0 fully saturated rings. The van der Waals surface area contributed by atoms with Gasteiger partial charge in [-0.1, -0.05) is 11.6 Å². The largest absolute Gasteiger partial charge is 0.369 e. The fourth-order valence-corrected chi connectivity index (χ4v) is 2.24. The van der Waals surface area contributed by atoms with Crippen LogP contribution >= 0.6 is 23.1 Å². The Labute approximate surface area is 85.7 Å². The Morgan fingerprint density at radius 1 is 1.54 bits per heavy atom. The Morgan fingerprint density at radius 2 is 2.38 bits per heavy atom. The molecule has 4 heteroatoms. The maximum atomic E-state index is 5.86. The topological polar surface area (TPSA) is 24.9 Å². The molecule has 2 nitrogen and oxygen atoms in total. The molecule has 0 radical (unpaired) electrons. The molecular weight excluding hydrogens is 204 g/mol. The van der Waals surface area contributed by atoms with E-state index >= 15 is 0 Å². The van der Waals surface area contributed by atoms with Gasteiger partial charge in [-0.2, -0.15) is 4.37 Å². The van der Waals surface area contributed by atoms with E-state index in [0.717, 1.165) is 27.5 Å². The number of hydrogen-bond donors (Lipinski definition) is 1. The third kappa shape index (κ3) is 1.62. The maximum Gasteiger partial charge on any atom is 0.147 e. The smallest absolute Gasteiger partial charge is 0.147 e. The van der Waals surface area contributed by atoms with Gasteiger partial charge in [0.25, 0.3) is 0 Å². The fourth-order valence-electron chi connectivity index (χ4n) is 1.21. The number of rotatable bonds is 2. The van der Waals surface area contributed by atoms with Gasteiger partial charge in [0, 0.05) is 17.0 Å². The maximum absolute atomic E-state index is 5.86. The minimum atomic E-state index is 0.763. The fraction of sp³-hybridized carbons (Fsp3) is 0.222. The Bertz CT molecular complexity index is 424. The van der Waals surface area contributed by atoms with Gasteiger partial charge in [0.15, 0.2) is 0 Å². The van der Waals surface area contributed by atoms with Gasteiger partial charge in [-0.3, -0.25) is 0 Å². The molecule has 68 valence electrons. The van der Waals surface area contributed by atoms with Gasteiger partial charge in [0.05, 0.1) is 4.70 Å². The quantitative estimate of drug-likeness (QED) is 0.826. The zero-order chi connectivity index (χ0) is 9.26. The predicted molar refractivity (Wildman–Crippen MR) is 58.8 cm³/mol. The summed E-state index contributed by atoms with van der Waals surface area (Å²) in [6.07, 6.45) is 0. The first kappa shape index (κ1) is 8.78. The van der Waals surface area contributed by atoms with Crippen molar-refractivity contribution in [2.24, 2.45) is 0 Å². The molecular formula is C9H9ClN2S.